The number of hydrogen-bond acceptors (Lipinski definition) is 3. The summed E-state index contributed by atoms with van der Waals surface area (Å²) in [5, 5.41) is 1.20. The van der Waals surface area contributed by atoms with Crippen LogP contribution < -0.4 is 10.8 Å². The van der Waals surface area contributed by atoms with E-state index in [9.17, 15) is 9.59 Å². The van der Waals surface area contributed by atoms with Gasteiger partial charge in [0.2, 0.25) is 0 Å². The van der Waals surface area contributed by atoms with Gasteiger partial charge in [-0.05, 0) is 18.2 Å². The molecule has 1 rings (SSSR count). The third-order valence-electron chi connectivity index (χ3n) is 1.50. The smallest absolute Gasteiger partial charge is 0.349 e. The van der Waals surface area contributed by atoms with Crippen LogP contribution in [0, 0.1) is 0 Å². The van der Waals surface area contributed by atoms with Crippen molar-refractivity contribution >= 4 is 40.9 Å². The molecule has 0 heterocycles. The van der Waals surface area contributed by atoms with Crippen LogP contribution in [0.1, 0.15) is 6.92 Å². The van der Waals surface area contributed by atoms with Gasteiger partial charge in [-0.1, -0.05) is 23.2 Å². The van der Waals surface area contributed by atoms with Crippen molar-refractivity contribution in [2.75, 3.05) is 5.06 Å². The van der Waals surface area contributed by atoms with E-state index in [0.29, 0.717) is 15.1 Å². The molecule has 2 amide bonds. The average molecular weight is 263 g/mol. The molecule has 0 bridgehead atoms. The lowest BCUT2D eigenvalue weighted by molar-refractivity contribution is -0.141. The summed E-state index contributed by atoms with van der Waals surface area (Å²) < 4.78 is 0. The number of halogens is 2. The van der Waals surface area contributed by atoms with Crippen LogP contribution in [0.5, 0.6) is 0 Å². The number of anilines is 1. The number of carbonyl (C=O) groups excluding carboxylic acids is 2. The summed E-state index contributed by atoms with van der Waals surface area (Å²) in [5.41, 5.74) is 5.22. The molecule has 16 heavy (non-hydrogen) atoms. The van der Waals surface area contributed by atoms with Crippen molar-refractivity contribution in [1.29, 1.82) is 0 Å². The predicted molar refractivity (Wildman–Crippen MR) is 60.3 cm³/mol. The quantitative estimate of drug-likeness (QED) is 0.790. The minimum absolute atomic E-state index is 0.181. The Morgan fingerprint density at radius 1 is 1.25 bits per heavy atom. The van der Waals surface area contributed by atoms with E-state index in [-0.39, 0.29) is 5.69 Å². The van der Waals surface area contributed by atoms with Crippen LogP contribution in [-0.4, -0.2) is 12.0 Å². The number of nitrogens with zero attached hydrogens (tertiary/aromatic N) is 1. The summed E-state index contributed by atoms with van der Waals surface area (Å²) in [6.45, 7) is 1.14. The maximum absolute atomic E-state index is 11.0. The Labute approximate surface area is 102 Å². The first-order chi connectivity index (χ1) is 7.40. The number of rotatable bonds is 1. The fourth-order valence-corrected chi connectivity index (χ4v) is 1.52. The molecule has 0 radical (unpaired) electrons. The molecule has 2 N–H and O–H groups in total. The van der Waals surface area contributed by atoms with E-state index >= 15 is 0 Å². The third-order valence-corrected chi connectivity index (χ3v) is 1.94. The Morgan fingerprint density at radius 2 is 1.75 bits per heavy atom. The highest BCUT2D eigenvalue weighted by Crippen LogP contribution is 2.25. The fraction of sp³-hybridized carbons (Fsp3) is 0.111. The van der Waals surface area contributed by atoms with Crippen LogP contribution in [0.3, 0.4) is 0 Å². The topological polar surface area (TPSA) is 72.6 Å². The van der Waals surface area contributed by atoms with Crippen LogP contribution in [0.2, 0.25) is 10.0 Å². The van der Waals surface area contributed by atoms with E-state index < -0.39 is 12.0 Å². The van der Waals surface area contributed by atoms with Crippen LogP contribution in [0.15, 0.2) is 18.2 Å². The Hall–Kier alpha value is -1.46. The summed E-state index contributed by atoms with van der Waals surface area (Å²) in [7, 11) is 0. The van der Waals surface area contributed by atoms with Crippen LogP contribution >= 0.6 is 23.2 Å². The number of benzene rings is 1. The van der Waals surface area contributed by atoms with E-state index in [0.717, 1.165) is 6.92 Å². The molecule has 5 nitrogen and oxygen atoms in total. The van der Waals surface area contributed by atoms with E-state index in [1.165, 1.54) is 18.2 Å². The Morgan fingerprint density at radius 3 is 2.12 bits per heavy atom. The number of urea groups is 1. The molecule has 0 aliphatic rings. The molecule has 1 aromatic carbocycles. The number of hydroxylamine groups is 1. The van der Waals surface area contributed by atoms with Gasteiger partial charge in [0, 0.05) is 17.0 Å². The van der Waals surface area contributed by atoms with Crippen LogP contribution in [-0.2, 0) is 9.63 Å². The number of primary amides is 1. The van der Waals surface area contributed by atoms with Crippen molar-refractivity contribution < 1.29 is 14.4 Å². The average Bonchev–Trinajstić information content (AvgIpc) is 2.11. The number of hydrogen-bond donors (Lipinski definition) is 1. The van der Waals surface area contributed by atoms with Gasteiger partial charge < -0.3 is 10.6 Å². The van der Waals surface area contributed by atoms with E-state index in [1.54, 1.807) is 0 Å². The lowest BCUT2D eigenvalue weighted by Gasteiger charge is -2.18. The van der Waals surface area contributed by atoms with Crippen LogP contribution in [0.25, 0.3) is 0 Å². The summed E-state index contributed by atoms with van der Waals surface area (Å²) in [4.78, 5) is 26.4. The van der Waals surface area contributed by atoms with Crippen molar-refractivity contribution in [3.8, 4) is 0 Å². The Bertz CT molecular complexity index is 417. The zero-order chi connectivity index (χ0) is 12.3. The highest BCUT2D eigenvalue weighted by atomic mass is 35.5. The first-order valence-corrected chi connectivity index (χ1v) is 4.90. The molecule has 7 heteroatoms. The SMILES string of the molecule is CC(=O)ON(C(N)=O)c1cc(Cl)cc(Cl)c1. The maximum atomic E-state index is 11.0. The van der Waals surface area contributed by atoms with E-state index in [2.05, 4.69) is 4.84 Å². The number of nitrogens with two attached hydrogens (primary N) is 1. The Balaban J connectivity index is 3.10. The van der Waals surface area contributed by atoms with E-state index in [1.807, 2.05) is 0 Å². The highest BCUT2D eigenvalue weighted by Gasteiger charge is 2.17. The summed E-state index contributed by atoms with van der Waals surface area (Å²) >= 11 is 11.5. The predicted octanol–water partition coefficient (Wildman–Crippen LogP) is 2.36. The van der Waals surface area contributed by atoms with Gasteiger partial charge in [0.25, 0.3) is 0 Å². The molecule has 0 saturated heterocycles. The van der Waals surface area contributed by atoms with Crippen molar-refractivity contribution in [2.45, 2.75) is 6.92 Å². The zero-order valence-corrected chi connectivity index (χ0v) is 9.75. The molecule has 0 saturated carbocycles. The molecule has 0 aliphatic carbocycles. The summed E-state index contributed by atoms with van der Waals surface area (Å²) in [6, 6.07) is 3.30. The van der Waals surface area contributed by atoms with Crippen molar-refractivity contribution in [3.05, 3.63) is 28.2 Å². The van der Waals surface area contributed by atoms with Gasteiger partial charge in [-0.15, -0.1) is 5.06 Å². The van der Waals surface area contributed by atoms with E-state index in [4.69, 9.17) is 28.9 Å². The molecule has 0 fully saturated rings. The maximum Gasteiger partial charge on any atom is 0.352 e. The second-order valence-corrected chi connectivity index (χ2v) is 3.72. The second kappa shape index (κ2) is 5.05. The fourth-order valence-electron chi connectivity index (χ4n) is 1.01. The van der Waals surface area contributed by atoms with Crippen molar-refractivity contribution in [1.82, 2.24) is 0 Å². The standard InChI is InChI=1S/C9H8Cl2N2O3/c1-5(14)16-13(9(12)15)8-3-6(10)2-7(11)4-8/h2-4H,1H3,(H2,12,15). The zero-order valence-electron chi connectivity index (χ0n) is 8.24. The molecular weight excluding hydrogens is 255 g/mol. The summed E-state index contributed by atoms with van der Waals surface area (Å²) in [5.74, 6) is -0.685. The first kappa shape index (κ1) is 12.6. The largest absolute Gasteiger partial charge is 0.352 e. The lowest BCUT2D eigenvalue weighted by atomic mass is 10.3. The third kappa shape index (κ3) is 3.29. The normalized spacial score (nSPS) is 9.69. The van der Waals surface area contributed by atoms with Crippen molar-refractivity contribution in [3.63, 3.8) is 0 Å². The lowest BCUT2D eigenvalue weighted by Crippen LogP contribution is -2.37. The monoisotopic (exact) mass is 262 g/mol. The number of amides is 2. The van der Waals surface area contributed by atoms with Gasteiger partial charge in [-0.3, -0.25) is 0 Å². The highest BCUT2D eigenvalue weighted by molar-refractivity contribution is 6.35. The number of carbonyl (C=O) groups is 2. The van der Waals surface area contributed by atoms with Gasteiger partial charge in [0.1, 0.15) is 0 Å². The molecule has 0 unspecified atom stereocenters. The first-order valence-electron chi connectivity index (χ1n) is 4.14. The molecule has 0 spiro atoms. The Kier molecular flexibility index (Phi) is 3.98. The van der Waals surface area contributed by atoms with Crippen molar-refractivity contribution in [2.24, 2.45) is 5.73 Å². The minimum atomic E-state index is -0.950. The molecule has 0 aliphatic heterocycles. The van der Waals surface area contributed by atoms with Gasteiger partial charge in [0.15, 0.2) is 0 Å². The van der Waals surface area contributed by atoms with Gasteiger partial charge >= 0.3 is 12.0 Å². The molecule has 1 aromatic rings. The minimum Gasteiger partial charge on any atom is -0.349 e. The molecule has 86 valence electrons. The van der Waals surface area contributed by atoms with Gasteiger partial charge in [0.05, 0.1) is 5.69 Å². The summed E-state index contributed by atoms with van der Waals surface area (Å²) in [6.07, 6.45) is 0. The molecule has 0 atom stereocenters. The van der Waals surface area contributed by atoms with Crippen LogP contribution in [0.4, 0.5) is 10.5 Å². The molecular formula is C9H8Cl2N2O3. The second-order valence-electron chi connectivity index (χ2n) is 2.84. The molecule has 0 aromatic heterocycles. The van der Waals surface area contributed by atoms with Gasteiger partial charge in [-0.2, -0.15) is 0 Å². The van der Waals surface area contributed by atoms with Gasteiger partial charge in [-0.25, -0.2) is 9.59 Å².